The van der Waals surface area contributed by atoms with Crippen molar-refractivity contribution >= 4 is 11.8 Å². The molecule has 13 heavy (non-hydrogen) atoms. The lowest BCUT2D eigenvalue weighted by Crippen LogP contribution is -2.06. The first-order chi connectivity index (χ1) is 6.27. The van der Waals surface area contributed by atoms with Crippen LogP contribution in [0.5, 0.6) is 5.75 Å². The van der Waals surface area contributed by atoms with E-state index in [1.54, 1.807) is 0 Å². The van der Waals surface area contributed by atoms with Crippen LogP contribution in [0.3, 0.4) is 0 Å². The monoisotopic (exact) mass is 194 g/mol. The van der Waals surface area contributed by atoms with Crippen LogP contribution in [-0.4, -0.2) is 12.4 Å². The number of thioether (sulfide) groups is 1. The summed E-state index contributed by atoms with van der Waals surface area (Å²) in [6.45, 7) is 5.28. The van der Waals surface area contributed by atoms with E-state index in [1.807, 2.05) is 11.8 Å². The molecule has 70 valence electrons. The van der Waals surface area contributed by atoms with Gasteiger partial charge in [0, 0.05) is 10.6 Å². The van der Waals surface area contributed by atoms with Crippen LogP contribution in [0.25, 0.3) is 0 Å². The first-order valence-electron chi connectivity index (χ1n) is 4.67. The van der Waals surface area contributed by atoms with Crippen LogP contribution in [0.2, 0.25) is 0 Å². The SMILES string of the molecule is CC(C)c1ccc2c(c1)SCCO2. The molecule has 0 atom stereocenters. The molecule has 0 radical (unpaired) electrons. The van der Waals surface area contributed by atoms with Gasteiger partial charge in [0.1, 0.15) is 5.75 Å². The van der Waals surface area contributed by atoms with Gasteiger partial charge in [-0.25, -0.2) is 0 Å². The highest BCUT2D eigenvalue weighted by molar-refractivity contribution is 7.99. The Morgan fingerprint density at radius 2 is 2.23 bits per heavy atom. The summed E-state index contributed by atoms with van der Waals surface area (Å²) in [5.74, 6) is 2.74. The van der Waals surface area contributed by atoms with Crippen LogP contribution in [-0.2, 0) is 0 Å². The van der Waals surface area contributed by atoms with Crippen molar-refractivity contribution in [3.8, 4) is 5.75 Å². The maximum atomic E-state index is 5.54. The van der Waals surface area contributed by atoms with Crippen LogP contribution >= 0.6 is 11.8 Å². The molecule has 0 fully saturated rings. The van der Waals surface area contributed by atoms with Crippen molar-refractivity contribution in [2.75, 3.05) is 12.4 Å². The minimum atomic E-state index is 0.604. The molecule has 2 heteroatoms. The van der Waals surface area contributed by atoms with Crippen LogP contribution in [0.1, 0.15) is 25.3 Å². The molecule has 1 aromatic rings. The zero-order valence-electron chi connectivity index (χ0n) is 8.04. The fourth-order valence-electron chi connectivity index (χ4n) is 1.42. The fourth-order valence-corrected chi connectivity index (χ4v) is 2.29. The number of rotatable bonds is 1. The number of fused-ring (bicyclic) bond motifs is 1. The van der Waals surface area contributed by atoms with Crippen molar-refractivity contribution in [3.63, 3.8) is 0 Å². The molecule has 0 N–H and O–H groups in total. The van der Waals surface area contributed by atoms with Crippen molar-refractivity contribution in [1.82, 2.24) is 0 Å². The van der Waals surface area contributed by atoms with Crippen LogP contribution in [0.15, 0.2) is 23.1 Å². The third-order valence-electron chi connectivity index (χ3n) is 2.23. The van der Waals surface area contributed by atoms with Gasteiger partial charge in [0.2, 0.25) is 0 Å². The molecule has 0 amide bonds. The lowest BCUT2D eigenvalue weighted by molar-refractivity contribution is 0.330. The smallest absolute Gasteiger partial charge is 0.132 e. The lowest BCUT2D eigenvalue weighted by atomic mass is 10.0. The summed E-state index contributed by atoms with van der Waals surface area (Å²) >= 11 is 1.90. The molecule has 1 aliphatic rings. The molecule has 0 unspecified atom stereocenters. The highest BCUT2D eigenvalue weighted by Crippen LogP contribution is 2.35. The van der Waals surface area contributed by atoms with Gasteiger partial charge in [0.05, 0.1) is 6.61 Å². The number of benzene rings is 1. The molecular formula is C11H14OS. The minimum absolute atomic E-state index is 0.604. The van der Waals surface area contributed by atoms with Crippen molar-refractivity contribution < 1.29 is 4.74 Å². The second-order valence-corrected chi connectivity index (χ2v) is 4.69. The van der Waals surface area contributed by atoms with Gasteiger partial charge in [0.15, 0.2) is 0 Å². The summed E-state index contributed by atoms with van der Waals surface area (Å²) in [5, 5.41) is 0. The number of hydrogen-bond acceptors (Lipinski definition) is 2. The summed E-state index contributed by atoms with van der Waals surface area (Å²) in [4.78, 5) is 1.30. The topological polar surface area (TPSA) is 9.23 Å². The van der Waals surface area contributed by atoms with Gasteiger partial charge in [-0.3, -0.25) is 0 Å². The Morgan fingerprint density at radius 3 is 3.00 bits per heavy atom. The normalized spacial score (nSPS) is 15.3. The minimum Gasteiger partial charge on any atom is -0.492 e. The third kappa shape index (κ3) is 1.83. The van der Waals surface area contributed by atoms with Gasteiger partial charge < -0.3 is 4.74 Å². The first-order valence-corrected chi connectivity index (χ1v) is 5.65. The van der Waals surface area contributed by atoms with Gasteiger partial charge in [-0.2, -0.15) is 0 Å². The highest BCUT2D eigenvalue weighted by atomic mass is 32.2. The highest BCUT2D eigenvalue weighted by Gasteiger charge is 2.11. The quantitative estimate of drug-likeness (QED) is 0.678. The van der Waals surface area contributed by atoms with Gasteiger partial charge in [-0.1, -0.05) is 19.9 Å². The molecule has 0 spiro atoms. The summed E-state index contributed by atoms with van der Waals surface area (Å²) in [6.07, 6.45) is 0. The van der Waals surface area contributed by atoms with Crippen molar-refractivity contribution in [3.05, 3.63) is 23.8 Å². The van der Waals surface area contributed by atoms with E-state index in [-0.39, 0.29) is 0 Å². The Morgan fingerprint density at radius 1 is 1.38 bits per heavy atom. The Balaban J connectivity index is 2.35. The first kappa shape index (κ1) is 8.95. The Bertz CT molecular complexity index is 307. The molecular weight excluding hydrogens is 180 g/mol. The van der Waals surface area contributed by atoms with Crippen LogP contribution < -0.4 is 4.74 Å². The molecule has 0 aliphatic carbocycles. The zero-order chi connectivity index (χ0) is 9.26. The average Bonchev–Trinajstić information content (AvgIpc) is 2.17. The van der Waals surface area contributed by atoms with Gasteiger partial charge in [-0.05, 0) is 23.6 Å². The van der Waals surface area contributed by atoms with Crippen molar-refractivity contribution in [2.45, 2.75) is 24.7 Å². The molecule has 1 heterocycles. The molecule has 0 saturated heterocycles. The van der Waals surface area contributed by atoms with E-state index in [1.165, 1.54) is 10.5 Å². The predicted molar refractivity (Wildman–Crippen MR) is 56.8 cm³/mol. The molecule has 1 aromatic carbocycles. The zero-order valence-corrected chi connectivity index (χ0v) is 8.86. The number of ether oxygens (including phenoxy) is 1. The fraction of sp³-hybridized carbons (Fsp3) is 0.455. The second-order valence-electron chi connectivity index (χ2n) is 3.56. The maximum Gasteiger partial charge on any atom is 0.132 e. The summed E-state index contributed by atoms with van der Waals surface area (Å²) in [5.41, 5.74) is 1.40. The summed E-state index contributed by atoms with van der Waals surface area (Å²) < 4.78 is 5.54. The molecule has 1 aliphatic heterocycles. The standard InChI is InChI=1S/C11H14OS/c1-8(2)9-3-4-10-11(7-9)13-6-5-12-10/h3-4,7-8H,5-6H2,1-2H3. The van der Waals surface area contributed by atoms with Crippen molar-refractivity contribution in [1.29, 1.82) is 0 Å². The summed E-state index contributed by atoms with van der Waals surface area (Å²) in [6, 6.07) is 6.51. The van der Waals surface area contributed by atoms with E-state index in [0.29, 0.717) is 5.92 Å². The second kappa shape index (κ2) is 3.62. The van der Waals surface area contributed by atoms with E-state index in [4.69, 9.17) is 4.74 Å². The molecule has 0 aromatic heterocycles. The van der Waals surface area contributed by atoms with E-state index in [0.717, 1.165) is 18.1 Å². The van der Waals surface area contributed by atoms with E-state index >= 15 is 0 Å². The van der Waals surface area contributed by atoms with Crippen LogP contribution in [0, 0.1) is 0 Å². The van der Waals surface area contributed by atoms with Crippen molar-refractivity contribution in [2.24, 2.45) is 0 Å². The Hall–Kier alpha value is -0.630. The van der Waals surface area contributed by atoms with E-state index in [2.05, 4.69) is 32.0 Å². The van der Waals surface area contributed by atoms with E-state index < -0.39 is 0 Å². The van der Waals surface area contributed by atoms with Gasteiger partial charge in [-0.15, -0.1) is 11.8 Å². The third-order valence-corrected chi connectivity index (χ3v) is 3.23. The molecule has 0 saturated carbocycles. The maximum absolute atomic E-state index is 5.54. The Labute approximate surface area is 83.5 Å². The Kier molecular flexibility index (Phi) is 2.49. The van der Waals surface area contributed by atoms with Gasteiger partial charge >= 0.3 is 0 Å². The van der Waals surface area contributed by atoms with Crippen LogP contribution in [0.4, 0.5) is 0 Å². The molecule has 0 bridgehead atoms. The largest absolute Gasteiger partial charge is 0.492 e. The van der Waals surface area contributed by atoms with Gasteiger partial charge in [0.25, 0.3) is 0 Å². The average molecular weight is 194 g/mol. The molecule has 1 nitrogen and oxygen atoms in total. The lowest BCUT2D eigenvalue weighted by Gasteiger charge is -2.18. The summed E-state index contributed by atoms with van der Waals surface area (Å²) in [7, 11) is 0. The molecule has 2 rings (SSSR count). The number of hydrogen-bond donors (Lipinski definition) is 0. The van der Waals surface area contributed by atoms with E-state index in [9.17, 15) is 0 Å². The predicted octanol–water partition coefficient (Wildman–Crippen LogP) is 3.29.